The lowest BCUT2D eigenvalue weighted by Gasteiger charge is -1.97. The standard InChI is InChI=1S/C7H7.C3H7.Al.H2/c1-7-5-3-2-4-6-7;1-3-2;;/h3-6H,1H3;1,3H2,2H3;;1H. The number of hydrogen-bond donors (Lipinski definition) is 0. The van der Waals surface area contributed by atoms with Crippen molar-refractivity contribution in [2.24, 2.45) is 0 Å². The van der Waals surface area contributed by atoms with E-state index in [1.807, 2.05) is 0 Å². The second-order valence-electron chi connectivity index (χ2n) is 2.90. The first-order chi connectivity index (χ1) is 5.33. The van der Waals surface area contributed by atoms with Gasteiger partial charge in [-0.05, 0) is 6.92 Å². The molecule has 0 aliphatic carbocycles. The molecule has 11 heavy (non-hydrogen) atoms. The number of hydrogen-bond acceptors (Lipinski definition) is 0. The fraction of sp³-hybridized carbons (Fsp3) is 0.400. The van der Waals surface area contributed by atoms with Crippen molar-refractivity contribution in [3.63, 3.8) is 0 Å². The zero-order valence-corrected chi connectivity index (χ0v) is 8.46. The fourth-order valence-electron chi connectivity index (χ4n) is 1.01. The second-order valence-corrected chi connectivity index (χ2v) is 4.56. The van der Waals surface area contributed by atoms with E-state index in [-0.39, 0.29) is 1.43 Å². The van der Waals surface area contributed by atoms with Crippen LogP contribution in [0.1, 0.15) is 20.3 Å². The summed E-state index contributed by atoms with van der Waals surface area (Å²) in [5.74, 6) is 0. The van der Waals surface area contributed by atoms with E-state index >= 15 is 0 Å². The Hall–Kier alpha value is -0.248. The van der Waals surface area contributed by atoms with Crippen LogP contribution in [0.25, 0.3) is 0 Å². The summed E-state index contributed by atoms with van der Waals surface area (Å²) < 4.78 is 1.55. The lowest BCUT2D eigenvalue weighted by atomic mass is 10.2. The molecule has 0 aromatic heterocycles. The normalized spacial score (nSPS) is 9.64. The predicted octanol–water partition coefficient (Wildman–Crippen LogP) is 2.40. The van der Waals surface area contributed by atoms with Gasteiger partial charge in [0.15, 0.2) is 0 Å². The van der Waals surface area contributed by atoms with Crippen molar-refractivity contribution in [1.29, 1.82) is 0 Å². The zero-order valence-electron chi connectivity index (χ0n) is 7.30. The monoisotopic (exact) mass is 163 g/mol. The highest BCUT2D eigenvalue weighted by Gasteiger charge is 1.93. The molecule has 1 radical (unpaired) electrons. The lowest BCUT2D eigenvalue weighted by molar-refractivity contribution is 1.08. The first-order valence-corrected chi connectivity index (χ1v) is 5.62. The minimum Gasteiger partial charge on any atom is -0.124 e. The third kappa shape index (κ3) is 3.10. The molecular formula is C10H16Al. The Morgan fingerprint density at radius 1 is 1.27 bits per heavy atom. The Bertz CT molecular complexity index is 206. The Morgan fingerprint density at radius 2 is 1.91 bits per heavy atom. The van der Waals surface area contributed by atoms with Crippen molar-refractivity contribution in [2.45, 2.75) is 25.6 Å². The molecule has 0 saturated carbocycles. The maximum absolute atomic E-state index is 2.26. The number of aryl methyl sites for hydroxylation is 1. The van der Waals surface area contributed by atoms with E-state index < -0.39 is 0 Å². The summed E-state index contributed by atoms with van der Waals surface area (Å²) in [6, 6.07) is 8.94. The van der Waals surface area contributed by atoms with E-state index in [0.29, 0.717) is 15.2 Å². The molecule has 0 spiro atoms. The molecule has 0 N–H and O–H groups in total. The van der Waals surface area contributed by atoms with Crippen LogP contribution in [0.15, 0.2) is 24.3 Å². The Balaban J connectivity index is 0.00000121. The summed E-state index contributed by atoms with van der Waals surface area (Å²) in [5, 5.41) is 1.39. The summed E-state index contributed by atoms with van der Waals surface area (Å²) in [6.45, 7) is 4.39. The molecule has 1 aromatic rings. The minimum atomic E-state index is 0. The van der Waals surface area contributed by atoms with Gasteiger partial charge in [-0.15, -0.1) is 4.43 Å². The SMILES string of the molecule is CC[CH2][Al][c]1ccc(C)cc1.[HH]. The van der Waals surface area contributed by atoms with Crippen molar-refractivity contribution in [3.05, 3.63) is 29.8 Å². The molecule has 1 heteroatoms. The van der Waals surface area contributed by atoms with Gasteiger partial charge in [0.05, 0.1) is 0 Å². The molecule has 0 fully saturated rings. The summed E-state index contributed by atoms with van der Waals surface area (Å²) in [5.41, 5.74) is 1.37. The Labute approximate surface area is 76.8 Å². The number of rotatable bonds is 3. The molecule has 1 rings (SSSR count). The van der Waals surface area contributed by atoms with E-state index in [9.17, 15) is 0 Å². The maximum atomic E-state index is 2.26. The van der Waals surface area contributed by atoms with Gasteiger partial charge in [0.1, 0.15) is 0 Å². The third-order valence-electron chi connectivity index (χ3n) is 1.75. The summed E-state index contributed by atoms with van der Waals surface area (Å²) in [7, 11) is 0. The van der Waals surface area contributed by atoms with Crippen LogP contribution in [-0.4, -0.2) is 15.2 Å². The van der Waals surface area contributed by atoms with Gasteiger partial charge in [0, 0.05) is 1.43 Å². The van der Waals surface area contributed by atoms with Crippen molar-refractivity contribution >= 4 is 19.6 Å². The topological polar surface area (TPSA) is 0 Å². The molecule has 59 valence electrons. The van der Waals surface area contributed by atoms with Crippen LogP contribution in [0.5, 0.6) is 0 Å². The quantitative estimate of drug-likeness (QED) is 0.600. The number of benzene rings is 1. The van der Waals surface area contributed by atoms with Crippen LogP contribution in [0.2, 0.25) is 5.28 Å². The van der Waals surface area contributed by atoms with E-state index in [2.05, 4.69) is 38.1 Å². The lowest BCUT2D eigenvalue weighted by Crippen LogP contribution is -2.12. The fourth-order valence-corrected chi connectivity index (χ4v) is 2.10. The van der Waals surface area contributed by atoms with Gasteiger partial charge in [0.25, 0.3) is 0 Å². The van der Waals surface area contributed by atoms with Gasteiger partial charge in [-0.2, -0.15) is 0 Å². The minimum absolute atomic E-state index is 0. The second kappa shape index (κ2) is 4.59. The van der Waals surface area contributed by atoms with Crippen molar-refractivity contribution in [1.82, 2.24) is 0 Å². The van der Waals surface area contributed by atoms with Gasteiger partial charge in [-0.1, -0.05) is 48.5 Å². The van der Waals surface area contributed by atoms with Crippen molar-refractivity contribution in [2.75, 3.05) is 0 Å². The first-order valence-electron chi connectivity index (χ1n) is 4.23. The molecule has 0 amide bonds. The van der Waals surface area contributed by atoms with E-state index in [0.717, 1.165) is 0 Å². The van der Waals surface area contributed by atoms with Crippen molar-refractivity contribution < 1.29 is 1.43 Å². The highest BCUT2D eigenvalue weighted by Crippen LogP contribution is 1.93. The molecule has 1 aromatic carbocycles. The van der Waals surface area contributed by atoms with Crippen LogP contribution in [0.4, 0.5) is 0 Å². The summed E-state index contributed by atoms with van der Waals surface area (Å²) in [4.78, 5) is 0. The molecule has 0 unspecified atom stereocenters. The van der Waals surface area contributed by atoms with Crippen LogP contribution < -0.4 is 4.43 Å². The Kier molecular flexibility index (Phi) is 3.69. The molecular weight excluding hydrogens is 147 g/mol. The highest BCUT2D eigenvalue weighted by atomic mass is 27.1. The van der Waals surface area contributed by atoms with E-state index in [1.165, 1.54) is 17.3 Å². The molecule has 0 saturated heterocycles. The van der Waals surface area contributed by atoms with Gasteiger partial charge < -0.3 is 0 Å². The maximum Gasteiger partial charge on any atom is 0.250 e. The molecule has 0 atom stereocenters. The largest absolute Gasteiger partial charge is 0.250 e. The average molecular weight is 163 g/mol. The zero-order chi connectivity index (χ0) is 8.10. The molecule has 0 bridgehead atoms. The van der Waals surface area contributed by atoms with Crippen LogP contribution in [0.3, 0.4) is 0 Å². The Morgan fingerprint density at radius 3 is 2.45 bits per heavy atom. The van der Waals surface area contributed by atoms with Gasteiger partial charge in [-0.25, -0.2) is 0 Å². The van der Waals surface area contributed by atoms with Gasteiger partial charge in [0.2, 0.25) is 15.2 Å². The molecule has 0 heterocycles. The van der Waals surface area contributed by atoms with Crippen LogP contribution >= 0.6 is 0 Å². The average Bonchev–Trinajstić information content (AvgIpc) is 2.04. The molecule has 0 aliphatic heterocycles. The molecule has 0 aliphatic rings. The summed E-state index contributed by atoms with van der Waals surface area (Å²) >= 11 is 0.537. The van der Waals surface area contributed by atoms with E-state index in [4.69, 9.17) is 0 Å². The van der Waals surface area contributed by atoms with Crippen LogP contribution in [0, 0.1) is 6.92 Å². The van der Waals surface area contributed by atoms with Crippen molar-refractivity contribution in [3.8, 4) is 0 Å². The van der Waals surface area contributed by atoms with E-state index in [1.54, 1.807) is 4.43 Å². The summed E-state index contributed by atoms with van der Waals surface area (Å²) in [6.07, 6.45) is 1.32. The van der Waals surface area contributed by atoms with Gasteiger partial charge in [-0.3, -0.25) is 0 Å². The molecule has 0 nitrogen and oxygen atoms in total. The van der Waals surface area contributed by atoms with Crippen LogP contribution in [-0.2, 0) is 0 Å². The van der Waals surface area contributed by atoms with Gasteiger partial charge >= 0.3 is 0 Å². The highest BCUT2D eigenvalue weighted by molar-refractivity contribution is 6.53. The predicted molar refractivity (Wildman–Crippen MR) is 53.8 cm³/mol. The smallest absolute Gasteiger partial charge is 0.124 e. The first kappa shape index (κ1) is 8.85. The third-order valence-corrected chi connectivity index (χ3v) is 3.47.